The van der Waals surface area contributed by atoms with Crippen LogP contribution in [-0.2, 0) is 9.59 Å². The first kappa shape index (κ1) is 23.1. The first-order valence-corrected chi connectivity index (χ1v) is 12.7. The van der Waals surface area contributed by atoms with Gasteiger partial charge in [0.15, 0.2) is 23.1 Å². The molecule has 0 unspecified atom stereocenters. The predicted molar refractivity (Wildman–Crippen MR) is 128 cm³/mol. The fraction of sp³-hybridized carbons (Fsp3) is 0.538. The molecule has 32 heavy (non-hydrogen) atoms. The fourth-order valence-corrected chi connectivity index (χ4v) is 5.92. The molecule has 1 aromatic rings. The van der Waals surface area contributed by atoms with Crippen LogP contribution in [0.3, 0.4) is 0 Å². The van der Waals surface area contributed by atoms with Crippen LogP contribution in [0.25, 0.3) is 0 Å². The molecule has 4 rings (SSSR count). The summed E-state index contributed by atoms with van der Waals surface area (Å²) in [6.07, 6.45) is 5.59. The Morgan fingerprint density at radius 1 is 0.906 bits per heavy atom. The quantitative estimate of drug-likeness (QED) is 0.453. The number of ketones is 2. The van der Waals surface area contributed by atoms with Gasteiger partial charge in [0, 0.05) is 47.8 Å². The van der Waals surface area contributed by atoms with E-state index in [1.165, 1.54) is 0 Å². The van der Waals surface area contributed by atoms with Crippen molar-refractivity contribution < 1.29 is 19.1 Å². The summed E-state index contributed by atoms with van der Waals surface area (Å²) in [6.45, 7) is 7.91. The van der Waals surface area contributed by atoms with Crippen molar-refractivity contribution in [3.8, 4) is 11.5 Å². The number of hydrogen-bond donors (Lipinski definition) is 0. The number of benzene rings is 1. The van der Waals surface area contributed by atoms with Crippen LogP contribution in [0.15, 0.2) is 39.1 Å². The maximum absolute atomic E-state index is 13.3. The lowest BCUT2D eigenvalue weighted by Crippen LogP contribution is -2.39. The minimum Gasteiger partial charge on any atom is -0.490 e. The molecule has 2 aliphatic carbocycles. The molecular formula is C26H32BrNO4. The standard InChI is InChI=1S/C26H32BrNO4/c1-4-13-28-18-9-7-11-20(29)24(18)23(25-19(28)10-8-12-21(25)30)16-14-17(27)26(32-6-3)22(15-16)31-5-2/h14-15,23H,4-13H2,1-3H3. The second kappa shape index (κ2) is 9.82. The first-order valence-electron chi connectivity index (χ1n) is 11.9. The summed E-state index contributed by atoms with van der Waals surface area (Å²) in [7, 11) is 0. The SMILES string of the molecule is CCCN1C2=C(C(=O)CCC2)C(c2cc(Br)c(OCC)c(OCC)c2)C2=C1CCCC2=O. The van der Waals surface area contributed by atoms with Crippen molar-refractivity contribution in [1.82, 2.24) is 4.90 Å². The van der Waals surface area contributed by atoms with Gasteiger partial charge in [-0.3, -0.25) is 9.59 Å². The van der Waals surface area contributed by atoms with E-state index in [1.54, 1.807) is 0 Å². The Bertz CT molecular complexity index is 950. The minimum atomic E-state index is -0.333. The monoisotopic (exact) mass is 501 g/mol. The van der Waals surface area contributed by atoms with Gasteiger partial charge in [-0.1, -0.05) is 6.92 Å². The van der Waals surface area contributed by atoms with Crippen LogP contribution in [-0.4, -0.2) is 36.2 Å². The zero-order chi connectivity index (χ0) is 22.8. The fourth-order valence-electron chi connectivity index (χ4n) is 5.35. The lowest BCUT2D eigenvalue weighted by atomic mass is 9.71. The normalized spacial score (nSPS) is 19.3. The maximum Gasteiger partial charge on any atom is 0.175 e. The van der Waals surface area contributed by atoms with Gasteiger partial charge in [0.05, 0.1) is 17.7 Å². The van der Waals surface area contributed by atoms with E-state index < -0.39 is 0 Å². The summed E-state index contributed by atoms with van der Waals surface area (Å²) >= 11 is 3.66. The number of halogens is 1. The van der Waals surface area contributed by atoms with Crippen molar-refractivity contribution in [3.63, 3.8) is 0 Å². The van der Waals surface area contributed by atoms with Crippen LogP contribution < -0.4 is 9.47 Å². The van der Waals surface area contributed by atoms with E-state index in [2.05, 4.69) is 27.8 Å². The molecule has 0 fully saturated rings. The molecule has 5 nitrogen and oxygen atoms in total. The molecule has 0 amide bonds. The predicted octanol–water partition coefficient (Wildman–Crippen LogP) is 6.07. The van der Waals surface area contributed by atoms with E-state index in [0.717, 1.165) is 71.2 Å². The smallest absolute Gasteiger partial charge is 0.175 e. The van der Waals surface area contributed by atoms with Gasteiger partial charge >= 0.3 is 0 Å². The van der Waals surface area contributed by atoms with Gasteiger partial charge in [-0.2, -0.15) is 0 Å². The molecule has 0 N–H and O–H groups in total. The number of nitrogens with zero attached hydrogens (tertiary/aromatic N) is 1. The van der Waals surface area contributed by atoms with Crippen LogP contribution in [0, 0.1) is 0 Å². The van der Waals surface area contributed by atoms with Gasteiger partial charge in [0.1, 0.15) is 0 Å². The van der Waals surface area contributed by atoms with E-state index in [4.69, 9.17) is 9.47 Å². The van der Waals surface area contributed by atoms with E-state index in [-0.39, 0.29) is 17.5 Å². The van der Waals surface area contributed by atoms with E-state index in [0.29, 0.717) is 37.6 Å². The van der Waals surface area contributed by atoms with Crippen molar-refractivity contribution in [3.05, 3.63) is 44.7 Å². The summed E-state index contributed by atoms with van der Waals surface area (Å²) in [4.78, 5) is 29.0. The highest BCUT2D eigenvalue weighted by Crippen LogP contribution is 2.51. The summed E-state index contributed by atoms with van der Waals surface area (Å²) in [6, 6.07) is 3.98. The average molecular weight is 502 g/mol. The largest absolute Gasteiger partial charge is 0.490 e. The lowest BCUT2D eigenvalue weighted by Gasteiger charge is -2.44. The topological polar surface area (TPSA) is 55.8 Å². The van der Waals surface area contributed by atoms with Crippen LogP contribution in [0.2, 0.25) is 0 Å². The molecule has 0 saturated heterocycles. The van der Waals surface area contributed by atoms with Gasteiger partial charge in [-0.25, -0.2) is 0 Å². The summed E-state index contributed by atoms with van der Waals surface area (Å²) < 4.78 is 12.5. The minimum absolute atomic E-state index is 0.172. The number of hydrogen-bond acceptors (Lipinski definition) is 5. The molecular weight excluding hydrogens is 470 g/mol. The van der Waals surface area contributed by atoms with Gasteiger partial charge in [-0.15, -0.1) is 0 Å². The number of ether oxygens (including phenoxy) is 2. The van der Waals surface area contributed by atoms with Crippen molar-refractivity contribution in [2.24, 2.45) is 0 Å². The molecule has 1 aromatic carbocycles. The third-order valence-electron chi connectivity index (χ3n) is 6.49. The molecule has 6 heteroatoms. The first-order chi connectivity index (χ1) is 15.5. The van der Waals surface area contributed by atoms with Crippen molar-refractivity contribution in [1.29, 1.82) is 0 Å². The highest BCUT2D eigenvalue weighted by atomic mass is 79.9. The summed E-state index contributed by atoms with van der Waals surface area (Å²) in [5.74, 6) is 1.32. The molecule has 0 radical (unpaired) electrons. The Hall–Kier alpha value is -2.08. The third kappa shape index (κ3) is 4.02. The van der Waals surface area contributed by atoms with Gasteiger partial charge in [0.2, 0.25) is 0 Å². The molecule has 0 spiro atoms. The molecule has 0 aromatic heterocycles. The number of allylic oxidation sites excluding steroid dienone is 4. The van der Waals surface area contributed by atoms with Crippen molar-refractivity contribution >= 4 is 27.5 Å². The molecule has 0 saturated carbocycles. The number of Topliss-reactive ketones (excluding diaryl/α,β-unsaturated/α-hetero) is 2. The van der Waals surface area contributed by atoms with Gasteiger partial charge < -0.3 is 14.4 Å². The Balaban J connectivity index is 1.95. The maximum atomic E-state index is 13.3. The molecule has 3 aliphatic rings. The zero-order valence-corrected chi connectivity index (χ0v) is 20.8. The van der Waals surface area contributed by atoms with E-state index in [1.807, 2.05) is 26.0 Å². The van der Waals surface area contributed by atoms with Crippen molar-refractivity contribution in [2.75, 3.05) is 19.8 Å². The molecule has 1 heterocycles. The molecule has 0 atom stereocenters. The van der Waals surface area contributed by atoms with Crippen LogP contribution in [0.5, 0.6) is 11.5 Å². The highest BCUT2D eigenvalue weighted by molar-refractivity contribution is 9.10. The van der Waals surface area contributed by atoms with E-state index >= 15 is 0 Å². The Morgan fingerprint density at radius 3 is 2.03 bits per heavy atom. The average Bonchev–Trinajstić information content (AvgIpc) is 2.77. The summed E-state index contributed by atoms with van der Waals surface area (Å²) in [5, 5.41) is 0. The second-order valence-corrected chi connectivity index (χ2v) is 9.41. The second-order valence-electron chi connectivity index (χ2n) is 8.55. The summed E-state index contributed by atoms with van der Waals surface area (Å²) in [5.41, 5.74) is 4.81. The van der Waals surface area contributed by atoms with Crippen LogP contribution in [0.1, 0.15) is 77.2 Å². The Kier molecular flexibility index (Phi) is 7.08. The third-order valence-corrected chi connectivity index (χ3v) is 7.08. The molecule has 0 bridgehead atoms. The van der Waals surface area contributed by atoms with Crippen LogP contribution in [0.4, 0.5) is 0 Å². The van der Waals surface area contributed by atoms with Crippen LogP contribution >= 0.6 is 15.9 Å². The van der Waals surface area contributed by atoms with E-state index in [9.17, 15) is 9.59 Å². The van der Waals surface area contributed by atoms with Crippen molar-refractivity contribution in [2.45, 2.75) is 71.6 Å². The number of carbonyl (C=O) groups excluding carboxylic acids is 2. The molecule has 172 valence electrons. The Morgan fingerprint density at radius 2 is 1.50 bits per heavy atom. The van der Waals surface area contributed by atoms with Gasteiger partial charge in [-0.05, 0) is 79.6 Å². The zero-order valence-electron chi connectivity index (χ0n) is 19.3. The number of rotatable bonds is 7. The van der Waals surface area contributed by atoms with Gasteiger partial charge in [0.25, 0.3) is 0 Å². The highest BCUT2D eigenvalue weighted by Gasteiger charge is 2.43. The molecule has 1 aliphatic heterocycles. The Labute approximate surface area is 199 Å². The number of carbonyl (C=O) groups is 2. The lowest BCUT2D eigenvalue weighted by molar-refractivity contribution is -0.117.